The number of hydrogen-bond acceptors (Lipinski definition) is 3. The van der Waals surface area contributed by atoms with Crippen LogP contribution >= 0.6 is 0 Å². The van der Waals surface area contributed by atoms with E-state index >= 15 is 0 Å². The Morgan fingerprint density at radius 2 is 1.52 bits per heavy atom. The van der Waals surface area contributed by atoms with Crippen molar-refractivity contribution < 1.29 is 40.2 Å². The third kappa shape index (κ3) is 5.46. The number of hydrogen-bond donors (Lipinski definition) is 1. The lowest BCUT2D eigenvalue weighted by molar-refractivity contribution is -0.184. The Bertz CT molecular complexity index is 802. The van der Waals surface area contributed by atoms with E-state index in [-0.39, 0.29) is 18.2 Å². The fraction of sp³-hybridized carbons (Fsp3) is 0.368. The molecule has 0 saturated carbocycles. The van der Waals surface area contributed by atoms with E-state index in [1.54, 1.807) is 0 Å². The highest BCUT2D eigenvalue weighted by Gasteiger charge is 2.37. The van der Waals surface area contributed by atoms with Gasteiger partial charge in [-0.2, -0.15) is 26.3 Å². The zero-order valence-electron chi connectivity index (χ0n) is 14.8. The first-order valence-electron chi connectivity index (χ1n) is 8.54. The molecule has 1 saturated heterocycles. The molecule has 3 rings (SSSR count). The molecule has 0 bridgehead atoms. The molecule has 2 atom stereocenters. The SMILES string of the molecule is Fc1ccc([C@@H]2NCCOC2OCc2cc(C(F)(F)F)cc(C(F)(F)F)c2)cc1. The predicted octanol–water partition coefficient (Wildman–Crippen LogP) is 5.07. The van der Waals surface area contributed by atoms with Crippen LogP contribution in [0.2, 0.25) is 0 Å². The Morgan fingerprint density at radius 1 is 0.931 bits per heavy atom. The molecule has 2 aromatic rings. The summed E-state index contributed by atoms with van der Waals surface area (Å²) in [6, 6.07) is 6.15. The Labute approximate surface area is 161 Å². The zero-order valence-corrected chi connectivity index (χ0v) is 14.8. The second kappa shape index (κ2) is 8.29. The van der Waals surface area contributed by atoms with E-state index in [9.17, 15) is 30.7 Å². The summed E-state index contributed by atoms with van der Waals surface area (Å²) in [5.41, 5.74) is -2.51. The van der Waals surface area contributed by atoms with Crippen molar-refractivity contribution in [1.82, 2.24) is 5.32 Å². The average Bonchev–Trinajstić information content (AvgIpc) is 2.66. The first-order chi connectivity index (χ1) is 13.5. The maximum Gasteiger partial charge on any atom is 0.416 e. The molecule has 1 aliphatic rings. The van der Waals surface area contributed by atoms with Crippen LogP contribution in [-0.2, 0) is 28.4 Å². The van der Waals surface area contributed by atoms with Crippen molar-refractivity contribution in [2.45, 2.75) is 31.3 Å². The molecular weight excluding hydrogens is 407 g/mol. The lowest BCUT2D eigenvalue weighted by atomic mass is 10.0. The normalized spacial score (nSPS) is 20.7. The average molecular weight is 423 g/mol. The van der Waals surface area contributed by atoms with Gasteiger partial charge >= 0.3 is 12.4 Å². The number of alkyl halides is 6. The minimum absolute atomic E-state index is 0.0590. The van der Waals surface area contributed by atoms with Gasteiger partial charge in [-0.1, -0.05) is 12.1 Å². The van der Waals surface area contributed by atoms with Gasteiger partial charge in [0.1, 0.15) is 5.82 Å². The molecule has 0 amide bonds. The number of morpholine rings is 1. The molecule has 1 aliphatic heterocycles. The van der Waals surface area contributed by atoms with Gasteiger partial charge in [0.15, 0.2) is 6.29 Å². The van der Waals surface area contributed by atoms with Crippen LogP contribution in [0.5, 0.6) is 0 Å². The monoisotopic (exact) mass is 423 g/mol. The smallest absolute Gasteiger partial charge is 0.349 e. The quantitative estimate of drug-likeness (QED) is 0.697. The molecule has 1 unspecified atom stereocenters. The topological polar surface area (TPSA) is 30.5 Å². The van der Waals surface area contributed by atoms with Crippen LogP contribution in [-0.4, -0.2) is 19.4 Å². The molecule has 0 spiro atoms. The molecular formula is C19H16F7NO2. The standard InChI is InChI=1S/C19H16F7NO2/c20-15-3-1-12(2-4-15)16-17(28-6-5-27-16)29-10-11-7-13(18(21,22)23)9-14(8-11)19(24,25)26/h1-4,7-9,16-17,27H,5-6,10H2/t16-,17?/m0/s1. The fourth-order valence-electron chi connectivity index (χ4n) is 2.95. The summed E-state index contributed by atoms with van der Waals surface area (Å²) in [7, 11) is 0. The number of nitrogens with one attached hydrogen (secondary N) is 1. The van der Waals surface area contributed by atoms with Crippen LogP contribution in [0, 0.1) is 5.82 Å². The minimum atomic E-state index is -4.93. The maximum atomic E-state index is 13.1. The van der Waals surface area contributed by atoms with Gasteiger partial charge in [-0.25, -0.2) is 4.39 Å². The first kappa shape index (κ1) is 21.5. The largest absolute Gasteiger partial charge is 0.416 e. The van der Waals surface area contributed by atoms with Gasteiger partial charge in [-0.05, 0) is 41.5 Å². The molecule has 0 aromatic heterocycles. The molecule has 10 heteroatoms. The van der Waals surface area contributed by atoms with Gasteiger partial charge in [0.25, 0.3) is 0 Å². The van der Waals surface area contributed by atoms with Gasteiger partial charge in [-0.15, -0.1) is 0 Å². The summed E-state index contributed by atoms with van der Waals surface area (Å²) in [5, 5.41) is 3.08. The molecule has 158 valence electrons. The second-order valence-electron chi connectivity index (χ2n) is 6.45. The van der Waals surface area contributed by atoms with Gasteiger partial charge < -0.3 is 14.8 Å². The third-order valence-electron chi connectivity index (χ3n) is 4.31. The van der Waals surface area contributed by atoms with E-state index in [2.05, 4.69) is 5.32 Å². The number of halogens is 7. The highest BCUT2D eigenvalue weighted by Crippen LogP contribution is 2.36. The summed E-state index contributed by atoms with van der Waals surface area (Å²) in [6.07, 6.45) is -10.8. The van der Waals surface area contributed by atoms with Crippen LogP contribution in [0.25, 0.3) is 0 Å². The summed E-state index contributed by atoms with van der Waals surface area (Å²) >= 11 is 0. The Hall–Kier alpha value is -2.17. The van der Waals surface area contributed by atoms with Crippen molar-refractivity contribution in [2.24, 2.45) is 0 Å². The van der Waals surface area contributed by atoms with Crippen molar-refractivity contribution >= 4 is 0 Å². The van der Waals surface area contributed by atoms with E-state index in [1.807, 2.05) is 0 Å². The molecule has 0 aliphatic carbocycles. The van der Waals surface area contributed by atoms with Crippen molar-refractivity contribution in [3.05, 3.63) is 70.5 Å². The predicted molar refractivity (Wildman–Crippen MR) is 88.1 cm³/mol. The molecule has 3 nitrogen and oxygen atoms in total. The molecule has 2 aromatic carbocycles. The van der Waals surface area contributed by atoms with Crippen LogP contribution < -0.4 is 5.32 Å². The van der Waals surface area contributed by atoms with Crippen molar-refractivity contribution in [1.29, 1.82) is 0 Å². The molecule has 0 radical (unpaired) electrons. The highest BCUT2D eigenvalue weighted by molar-refractivity contribution is 5.33. The van der Waals surface area contributed by atoms with Gasteiger partial charge in [0.05, 0.1) is 30.4 Å². The Balaban J connectivity index is 1.80. The first-order valence-corrected chi connectivity index (χ1v) is 8.54. The molecule has 29 heavy (non-hydrogen) atoms. The van der Waals surface area contributed by atoms with Crippen molar-refractivity contribution in [2.75, 3.05) is 13.2 Å². The van der Waals surface area contributed by atoms with E-state index in [1.165, 1.54) is 24.3 Å². The van der Waals surface area contributed by atoms with E-state index in [0.717, 1.165) is 0 Å². The van der Waals surface area contributed by atoms with Crippen LogP contribution in [0.4, 0.5) is 30.7 Å². The summed E-state index contributed by atoms with van der Waals surface area (Å²) in [5.74, 6) is -0.452. The van der Waals surface area contributed by atoms with Crippen molar-refractivity contribution in [3.8, 4) is 0 Å². The van der Waals surface area contributed by atoms with E-state index in [0.29, 0.717) is 24.2 Å². The Morgan fingerprint density at radius 3 is 2.07 bits per heavy atom. The number of benzene rings is 2. The Kier molecular flexibility index (Phi) is 6.16. The van der Waals surface area contributed by atoms with Gasteiger partial charge in [0, 0.05) is 6.54 Å². The summed E-state index contributed by atoms with van der Waals surface area (Å²) in [4.78, 5) is 0. The van der Waals surface area contributed by atoms with Crippen LogP contribution in [0.15, 0.2) is 42.5 Å². The second-order valence-corrected chi connectivity index (χ2v) is 6.45. The van der Waals surface area contributed by atoms with E-state index in [4.69, 9.17) is 9.47 Å². The lowest BCUT2D eigenvalue weighted by Gasteiger charge is -2.33. The fourth-order valence-corrected chi connectivity index (χ4v) is 2.95. The zero-order chi connectivity index (χ0) is 21.2. The van der Waals surface area contributed by atoms with Crippen molar-refractivity contribution in [3.63, 3.8) is 0 Å². The molecule has 1 N–H and O–H groups in total. The summed E-state index contributed by atoms with van der Waals surface area (Å²) in [6.45, 7) is 0.152. The number of ether oxygens (including phenoxy) is 2. The maximum absolute atomic E-state index is 13.1. The molecule has 1 fully saturated rings. The number of rotatable bonds is 4. The van der Waals surface area contributed by atoms with Crippen LogP contribution in [0.1, 0.15) is 28.3 Å². The van der Waals surface area contributed by atoms with Gasteiger partial charge in [0.2, 0.25) is 0 Å². The van der Waals surface area contributed by atoms with Crippen LogP contribution in [0.3, 0.4) is 0 Å². The lowest BCUT2D eigenvalue weighted by Crippen LogP contribution is -2.43. The van der Waals surface area contributed by atoms with Gasteiger partial charge in [-0.3, -0.25) is 0 Å². The highest BCUT2D eigenvalue weighted by atomic mass is 19.4. The van der Waals surface area contributed by atoms with E-state index < -0.39 is 48.2 Å². The third-order valence-corrected chi connectivity index (χ3v) is 4.31. The molecule has 1 heterocycles. The minimum Gasteiger partial charge on any atom is -0.349 e. The summed E-state index contributed by atoms with van der Waals surface area (Å²) < 4.78 is 102.